The standard InChI is InChI=1S/C10H9Br2FO/c11-5-7-1-2-9(13)3-8(7)4-10(14)6-12/h1-3H,4-6H2. The summed E-state index contributed by atoms with van der Waals surface area (Å²) in [5.74, 6) is -0.245. The number of rotatable bonds is 4. The molecular weight excluding hydrogens is 315 g/mol. The summed E-state index contributed by atoms with van der Waals surface area (Å²) in [5.41, 5.74) is 1.71. The zero-order valence-corrected chi connectivity index (χ0v) is 10.6. The van der Waals surface area contributed by atoms with Crippen molar-refractivity contribution in [2.75, 3.05) is 5.33 Å². The second-order valence-electron chi connectivity index (χ2n) is 2.90. The Kier molecular flexibility index (Phi) is 4.75. The number of carbonyl (C=O) groups excluding carboxylic acids is 1. The number of benzene rings is 1. The van der Waals surface area contributed by atoms with Crippen LogP contribution < -0.4 is 0 Å². The van der Waals surface area contributed by atoms with Gasteiger partial charge in [-0.3, -0.25) is 4.79 Å². The van der Waals surface area contributed by atoms with Crippen LogP contribution >= 0.6 is 31.9 Å². The average Bonchev–Trinajstić information content (AvgIpc) is 2.18. The van der Waals surface area contributed by atoms with Crippen molar-refractivity contribution in [3.05, 3.63) is 35.1 Å². The van der Waals surface area contributed by atoms with Crippen molar-refractivity contribution in [2.24, 2.45) is 0 Å². The van der Waals surface area contributed by atoms with Gasteiger partial charge in [0.1, 0.15) is 11.6 Å². The van der Waals surface area contributed by atoms with Crippen molar-refractivity contribution >= 4 is 37.6 Å². The maximum Gasteiger partial charge on any atom is 0.147 e. The van der Waals surface area contributed by atoms with Crippen molar-refractivity contribution in [2.45, 2.75) is 11.8 Å². The van der Waals surface area contributed by atoms with Crippen molar-refractivity contribution < 1.29 is 9.18 Å². The predicted molar refractivity (Wildman–Crippen MR) is 61.5 cm³/mol. The molecule has 0 unspecified atom stereocenters. The van der Waals surface area contributed by atoms with E-state index in [0.29, 0.717) is 10.7 Å². The Balaban J connectivity index is 2.93. The average molecular weight is 324 g/mol. The summed E-state index contributed by atoms with van der Waals surface area (Å²) in [4.78, 5) is 11.2. The number of carbonyl (C=O) groups is 1. The van der Waals surface area contributed by atoms with E-state index in [4.69, 9.17) is 0 Å². The predicted octanol–water partition coefficient (Wildman–Crippen LogP) is 3.23. The lowest BCUT2D eigenvalue weighted by molar-refractivity contribution is -0.115. The van der Waals surface area contributed by atoms with E-state index in [1.807, 2.05) is 0 Å². The molecule has 0 heterocycles. The summed E-state index contributed by atoms with van der Waals surface area (Å²) in [6.07, 6.45) is 0.282. The lowest BCUT2D eigenvalue weighted by Gasteiger charge is -2.05. The fourth-order valence-electron chi connectivity index (χ4n) is 1.15. The monoisotopic (exact) mass is 322 g/mol. The fraction of sp³-hybridized carbons (Fsp3) is 0.300. The third-order valence-corrected chi connectivity index (χ3v) is 3.08. The Morgan fingerprint density at radius 1 is 1.29 bits per heavy atom. The fourth-order valence-corrected chi connectivity index (χ4v) is 1.89. The zero-order chi connectivity index (χ0) is 10.6. The molecule has 0 atom stereocenters. The summed E-state index contributed by atoms with van der Waals surface area (Å²) in [6, 6.07) is 4.51. The van der Waals surface area contributed by atoms with Crippen LogP contribution in [0.3, 0.4) is 0 Å². The van der Waals surface area contributed by atoms with Gasteiger partial charge >= 0.3 is 0 Å². The first-order valence-corrected chi connectivity index (χ1v) is 6.32. The molecule has 1 aromatic rings. The molecule has 1 rings (SSSR count). The van der Waals surface area contributed by atoms with Gasteiger partial charge in [0.05, 0.1) is 5.33 Å². The number of hydrogen-bond acceptors (Lipinski definition) is 1. The molecule has 0 bridgehead atoms. The highest BCUT2D eigenvalue weighted by molar-refractivity contribution is 9.09. The summed E-state index contributed by atoms with van der Waals surface area (Å²) in [6.45, 7) is 0. The molecule has 0 aliphatic heterocycles. The summed E-state index contributed by atoms with van der Waals surface area (Å²) in [7, 11) is 0. The van der Waals surface area contributed by atoms with Gasteiger partial charge in [-0.05, 0) is 23.3 Å². The lowest BCUT2D eigenvalue weighted by atomic mass is 10.0. The van der Waals surface area contributed by atoms with Crippen LogP contribution in [0.4, 0.5) is 4.39 Å². The van der Waals surface area contributed by atoms with E-state index < -0.39 is 0 Å². The second-order valence-corrected chi connectivity index (χ2v) is 4.02. The van der Waals surface area contributed by atoms with Crippen LogP contribution in [0, 0.1) is 5.82 Å². The van der Waals surface area contributed by atoms with E-state index in [1.54, 1.807) is 6.07 Å². The van der Waals surface area contributed by atoms with Gasteiger partial charge in [0, 0.05) is 11.8 Å². The highest BCUT2D eigenvalue weighted by Crippen LogP contribution is 2.15. The molecule has 14 heavy (non-hydrogen) atoms. The van der Waals surface area contributed by atoms with Gasteiger partial charge in [0.25, 0.3) is 0 Å². The number of ketones is 1. The molecule has 0 fully saturated rings. The third kappa shape index (κ3) is 3.17. The zero-order valence-electron chi connectivity index (χ0n) is 7.40. The van der Waals surface area contributed by atoms with Gasteiger partial charge < -0.3 is 0 Å². The van der Waals surface area contributed by atoms with Gasteiger partial charge in [-0.15, -0.1) is 0 Å². The van der Waals surface area contributed by atoms with Gasteiger partial charge in [-0.1, -0.05) is 37.9 Å². The normalized spacial score (nSPS) is 10.2. The van der Waals surface area contributed by atoms with E-state index >= 15 is 0 Å². The molecule has 1 nitrogen and oxygen atoms in total. The molecule has 0 aromatic heterocycles. The smallest absolute Gasteiger partial charge is 0.147 e. The van der Waals surface area contributed by atoms with E-state index in [9.17, 15) is 9.18 Å². The first kappa shape index (κ1) is 11.9. The summed E-state index contributed by atoms with van der Waals surface area (Å²) >= 11 is 6.38. The minimum atomic E-state index is -0.299. The van der Waals surface area contributed by atoms with Crippen molar-refractivity contribution in [1.29, 1.82) is 0 Å². The van der Waals surface area contributed by atoms with E-state index in [1.165, 1.54) is 12.1 Å². The molecule has 0 amide bonds. The number of halogens is 3. The van der Waals surface area contributed by atoms with Crippen molar-refractivity contribution in [3.63, 3.8) is 0 Å². The highest BCUT2D eigenvalue weighted by atomic mass is 79.9. The minimum absolute atomic E-state index is 0.0535. The topological polar surface area (TPSA) is 17.1 Å². The molecule has 0 saturated heterocycles. The molecule has 0 spiro atoms. The highest BCUT2D eigenvalue weighted by Gasteiger charge is 2.07. The van der Waals surface area contributed by atoms with Crippen LogP contribution in [0.5, 0.6) is 0 Å². The van der Waals surface area contributed by atoms with Crippen LogP contribution in [0.15, 0.2) is 18.2 Å². The minimum Gasteiger partial charge on any atom is -0.298 e. The van der Waals surface area contributed by atoms with Crippen molar-refractivity contribution in [3.8, 4) is 0 Å². The molecule has 0 saturated carbocycles. The number of Topliss-reactive ketones (excluding diaryl/α,β-unsaturated/α-hetero) is 1. The summed E-state index contributed by atoms with van der Waals surface area (Å²) < 4.78 is 12.9. The molecule has 4 heteroatoms. The van der Waals surface area contributed by atoms with E-state index in [0.717, 1.165) is 11.1 Å². The van der Waals surface area contributed by atoms with Gasteiger partial charge in [0.15, 0.2) is 0 Å². The van der Waals surface area contributed by atoms with Crippen LogP contribution in [-0.4, -0.2) is 11.1 Å². The molecule has 0 N–H and O–H groups in total. The van der Waals surface area contributed by atoms with E-state index in [2.05, 4.69) is 31.9 Å². The van der Waals surface area contributed by atoms with Crippen LogP contribution in [0.25, 0.3) is 0 Å². The second kappa shape index (κ2) is 5.61. The Hall–Kier alpha value is -0.220. The van der Waals surface area contributed by atoms with Crippen molar-refractivity contribution in [1.82, 2.24) is 0 Å². The van der Waals surface area contributed by atoms with Gasteiger partial charge in [-0.25, -0.2) is 4.39 Å². The van der Waals surface area contributed by atoms with Gasteiger partial charge in [0.2, 0.25) is 0 Å². The third-order valence-electron chi connectivity index (χ3n) is 1.85. The van der Waals surface area contributed by atoms with Crippen LogP contribution in [0.1, 0.15) is 11.1 Å². The number of alkyl halides is 2. The molecular formula is C10H9Br2FO. The Labute approximate surface area is 99.0 Å². The molecule has 0 aliphatic rings. The van der Waals surface area contributed by atoms with Gasteiger partial charge in [-0.2, -0.15) is 0 Å². The Bertz CT molecular complexity index is 339. The molecule has 76 valence electrons. The Morgan fingerprint density at radius 3 is 2.57 bits per heavy atom. The Morgan fingerprint density at radius 2 is 2.00 bits per heavy atom. The first-order valence-electron chi connectivity index (χ1n) is 4.08. The number of hydrogen-bond donors (Lipinski definition) is 0. The summed E-state index contributed by atoms with van der Waals surface area (Å²) in [5, 5.41) is 0.948. The lowest BCUT2D eigenvalue weighted by Crippen LogP contribution is -2.05. The quantitative estimate of drug-likeness (QED) is 0.777. The molecule has 0 radical (unpaired) electrons. The van der Waals surface area contributed by atoms with Crippen LogP contribution in [0.2, 0.25) is 0 Å². The maximum absolute atomic E-state index is 12.9. The maximum atomic E-state index is 12.9. The largest absolute Gasteiger partial charge is 0.298 e. The van der Waals surface area contributed by atoms with Crippen LogP contribution in [-0.2, 0) is 16.5 Å². The molecule has 1 aromatic carbocycles. The first-order chi connectivity index (χ1) is 6.67. The molecule has 0 aliphatic carbocycles. The SMILES string of the molecule is O=C(CBr)Cc1cc(F)ccc1CBr. The van der Waals surface area contributed by atoms with E-state index in [-0.39, 0.29) is 18.0 Å².